The number of rotatable bonds is 9. The zero-order chi connectivity index (χ0) is 23.1. The number of amides is 1. The summed E-state index contributed by atoms with van der Waals surface area (Å²) < 4.78 is 34.8. The third-order valence-corrected chi connectivity index (χ3v) is 5.91. The number of benzene rings is 2. The first-order valence-electron chi connectivity index (χ1n) is 10.2. The van der Waals surface area contributed by atoms with Gasteiger partial charge in [0, 0.05) is 29.8 Å². The van der Waals surface area contributed by atoms with Crippen LogP contribution in [0, 0.1) is 0 Å². The molecule has 0 radical (unpaired) electrons. The second kappa shape index (κ2) is 10.3. The van der Waals surface area contributed by atoms with Gasteiger partial charge in [-0.2, -0.15) is 0 Å². The fourth-order valence-corrected chi connectivity index (χ4v) is 3.68. The van der Waals surface area contributed by atoms with E-state index in [2.05, 4.69) is 10.3 Å². The van der Waals surface area contributed by atoms with E-state index in [0.717, 1.165) is 17.4 Å². The fraction of sp³-hybridized carbons (Fsp3) is 0.250. The van der Waals surface area contributed by atoms with E-state index >= 15 is 0 Å². The summed E-state index contributed by atoms with van der Waals surface area (Å²) in [5.74, 6) is 0.746. The van der Waals surface area contributed by atoms with Crippen molar-refractivity contribution in [3.8, 4) is 11.5 Å². The number of hydrogen-bond acceptors (Lipinski definition) is 6. The molecule has 3 aromatic rings. The lowest BCUT2D eigenvalue weighted by atomic mass is 10.1. The summed E-state index contributed by atoms with van der Waals surface area (Å²) in [5.41, 5.74) is 2.15. The lowest BCUT2D eigenvalue weighted by molar-refractivity contribution is 0.0939. The summed E-state index contributed by atoms with van der Waals surface area (Å²) in [5, 5.41) is 2.92. The molecular formula is C24H26N2O5S. The minimum atomic E-state index is -3.26. The maximum atomic E-state index is 12.8. The van der Waals surface area contributed by atoms with Crippen molar-refractivity contribution in [1.82, 2.24) is 10.3 Å². The van der Waals surface area contributed by atoms with Gasteiger partial charge in [0.25, 0.3) is 5.91 Å². The number of sulfone groups is 1. The van der Waals surface area contributed by atoms with Crippen molar-refractivity contribution in [2.75, 3.05) is 12.9 Å². The second-order valence-corrected chi connectivity index (χ2v) is 9.30. The molecule has 8 heteroatoms. The number of pyridine rings is 1. The molecule has 7 nitrogen and oxygen atoms in total. The van der Waals surface area contributed by atoms with Gasteiger partial charge in [-0.1, -0.05) is 18.2 Å². The maximum Gasteiger partial charge on any atom is 0.251 e. The predicted molar refractivity (Wildman–Crippen MR) is 122 cm³/mol. The van der Waals surface area contributed by atoms with E-state index in [9.17, 15) is 13.2 Å². The van der Waals surface area contributed by atoms with Crippen LogP contribution >= 0.6 is 0 Å². The van der Waals surface area contributed by atoms with Gasteiger partial charge in [-0.3, -0.25) is 9.78 Å². The Labute approximate surface area is 188 Å². The van der Waals surface area contributed by atoms with Gasteiger partial charge in [-0.05, 0) is 55.8 Å². The molecule has 0 bridgehead atoms. The average Bonchev–Trinajstić information content (AvgIpc) is 2.78. The first-order valence-corrected chi connectivity index (χ1v) is 12.1. The Morgan fingerprint density at radius 2 is 1.81 bits per heavy atom. The van der Waals surface area contributed by atoms with Crippen molar-refractivity contribution in [2.24, 2.45) is 0 Å². The molecule has 0 aliphatic carbocycles. The molecule has 1 atom stereocenters. The van der Waals surface area contributed by atoms with E-state index in [1.165, 1.54) is 12.1 Å². The summed E-state index contributed by atoms with van der Waals surface area (Å²) >= 11 is 0. The van der Waals surface area contributed by atoms with Crippen molar-refractivity contribution in [1.29, 1.82) is 0 Å². The smallest absolute Gasteiger partial charge is 0.251 e. The number of carbonyl (C=O) groups is 1. The molecule has 0 spiro atoms. The molecular weight excluding hydrogens is 428 g/mol. The summed E-state index contributed by atoms with van der Waals surface area (Å²) in [7, 11) is -3.26. The first kappa shape index (κ1) is 23.3. The van der Waals surface area contributed by atoms with E-state index in [-0.39, 0.29) is 16.8 Å². The van der Waals surface area contributed by atoms with Crippen LogP contribution in [0.25, 0.3) is 0 Å². The summed E-state index contributed by atoms with van der Waals surface area (Å²) in [6, 6.07) is 14.9. The maximum absolute atomic E-state index is 12.8. The molecule has 1 aromatic heterocycles. The zero-order valence-electron chi connectivity index (χ0n) is 18.2. The number of nitrogens with zero attached hydrogens (tertiary/aromatic N) is 1. The molecule has 1 amide bonds. The molecule has 2 aromatic carbocycles. The molecule has 1 unspecified atom stereocenters. The van der Waals surface area contributed by atoms with Crippen LogP contribution < -0.4 is 14.8 Å². The fourth-order valence-electron chi connectivity index (χ4n) is 3.05. The lowest BCUT2D eigenvalue weighted by Crippen LogP contribution is -2.26. The first-order chi connectivity index (χ1) is 15.3. The van der Waals surface area contributed by atoms with E-state index in [4.69, 9.17) is 9.47 Å². The van der Waals surface area contributed by atoms with E-state index in [0.29, 0.717) is 30.3 Å². The third kappa shape index (κ3) is 6.07. The molecule has 0 saturated carbocycles. The summed E-state index contributed by atoms with van der Waals surface area (Å²) in [4.78, 5) is 17.1. The Morgan fingerprint density at radius 1 is 1.06 bits per heavy atom. The van der Waals surface area contributed by atoms with Crippen LogP contribution in [0.15, 0.2) is 71.9 Å². The van der Waals surface area contributed by atoms with Crippen molar-refractivity contribution in [3.05, 3.63) is 83.7 Å². The van der Waals surface area contributed by atoms with Gasteiger partial charge in [0.2, 0.25) is 0 Å². The van der Waals surface area contributed by atoms with Gasteiger partial charge >= 0.3 is 0 Å². The molecule has 0 fully saturated rings. The minimum absolute atomic E-state index is 0.239. The van der Waals surface area contributed by atoms with Crippen LogP contribution in [0.4, 0.5) is 0 Å². The third-order valence-electron chi connectivity index (χ3n) is 4.78. The lowest BCUT2D eigenvalue weighted by Gasteiger charge is -2.16. The van der Waals surface area contributed by atoms with Gasteiger partial charge in [0.1, 0.15) is 6.61 Å². The minimum Gasteiger partial charge on any atom is -0.490 e. The Kier molecular flexibility index (Phi) is 7.48. The van der Waals surface area contributed by atoms with E-state index in [1.807, 2.05) is 26.0 Å². The monoisotopic (exact) mass is 454 g/mol. The van der Waals surface area contributed by atoms with Gasteiger partial charge in [0.15, 0.2) is 21.3 Å². The van der Waals surface area contributed by atoms with Crippen LogP contribution in [0.3, 0.4) is 0 Å². The van der Waals surface area contributed by atoms with Crippen molar-refractivity contribution in [2.45, 2.75) is 31.4 Å². The second-order valence-electron chi connectivity index (χ2n) is 7.28. The van der Waals surface area contributed by atoms with Gasteiger partial charge in [-0.15, -0.1) is 0 Å². The highest BCUT2D eigenvalue weighted by Crippen LogP contribution is 2.29. The molecule has 0 saturated heterocycles. The SMILES string of the molecule is CCOc1cc(C(=O)NC(C)c2ccc(S(C)(=O)=O)cc2)ccc1OCc1cccnc1. The molecule has 0 aliphatic heterocycles. The van der Waals surface area contributed by atoms with Crippen molar-refractivity contribution in [3.63, 3.8) is 0 Å². The standard InChI is InChI=1S/C24H26N2O5S/c1-4-30-23-14-20(9-12-22(23)31-16-18-6-5-13-25-15-18)24(27)26-17(2)19-7-10-21(11-8-19)32(3,28)29/h5-15,17H,4,16H2,1-3H3,(H,26,27). The Hall–Kier alpha value is -3.39. The number of hydrogen-bond donors (Lipinski definition) is 1. The Balaban J connectivity index is 1.70. The zero-order valence-corrected chi connectivity index (χ0v) is 19.1. The number of nitrogens with one attached hydrogen (secondary N) is 1. The highest BCUT2D eigenvalue weighted by atomic mass is 32.2. The molecule has 1 heterocycles. The van der Waals surface area contributed by atoms with Crippen LogP contribution in [-0.4, -0.2) is 32.2 Å². The Morgan fingerprint density at radius 3 is 2.44 bits per heavy atom. The highest BCUT2D eigenvalue weighted by Gasteiger charge is 2.16. The normalized spacial score (nSPS) is 12.1. The van der Waals surface area contributed by atoms with E-state index < -0.39 is 9.84 Å². The topological polar surface area (TPSA) is 94.6 Å². The van der Waals surface area contributed by atoms with Crippen LogP contribution in [0.5, 0.6) is 11.5 Å². The predicted octanol–water partition coefficient (Wildman–Crippen LogP) is 3.95. The molecule has 0 aliphatic rings. The number of carbonyl (C=O) groups excluding carboxylic acids is 1. The molecule has 168 valence electrons. The molecule has 3 rings (SSSR count). The largest absolute Gasteiger partial charge is 0.490 e. The van der Waals surface area contributed by atoms with E-state index in [1.54, 1.807) is 42.7 Å². The van der Waals surface area contributed by atoms with Crippen LogP contribution in [0.2, 0.25) is 0 Å². The van der Waals surface area contributed by atoms with Gasteiger partial charge in [-0.25, -0.2) is 8.42 Å². The highest BCUT2D eigenvalue weighted by molar-refractivity contribution is 7.90. The van der Waals surface area contributed by atoms with Crippen LogP contribution in [-0.2, 0) is 16.4 Å². The number of ether oxygens (including phenoxy) is 2. The summed E-state index contributed by atoms with van der Waals surface area (Å²) in [6.45, 7) is 4.46. The van der Waals surface area contributed by atoms with Gasteiger partial charge in [0.05, 0.1) is 17.5 Å². The van der Waals surface area contributed by atoms with Crippen molar-refractivity contribution >= 4 is 15.7 Å². The Bertz CT molecular complexity index is 1160. The number of aromatic nitrogens is 1. The molecule has 1 N–H and O–H groups in total. The van der Waals surface area contributed by atoms with Crippen molar-refractivity contribution < 1.29 is 22.7 Å². The molecule has 32 heavy (non-hydrogen) atoms. The average molecular weight is 455 g/mol. The van der Waals surface area contributed by atoms with Crippen LogP contribution in [0.1, 0.15) is 41.4 Å². The summed E-state index contributed by atoms with van der Waals surface area (Å²) in [6.07, 6.45) is 4.59. The van der Waals surface area contributed by atoms with Gasteiger partial charge < -0.3 is 14.8 Å². The quantitative estimate of drug-likeness (QED) is 0.526.